The number of hydrogen-bond acceptors (Lipinski definition) is 3. The van der Waals surface area contributed by atoms with Crippen molar-refractivity contribution in [2.75, 3.05) is 7.11 Å². The van der Waals surface area contributed by atoms with E-state index < -0.39 is 0 Å². The zero-order chi connectivity index (χ0) is 10.1. The highest BCUT2D eigenvalue weighted by molar-refractivity contribution is 5.74. The van der Waals surface area contributed by atoms with E-state index in [4.69, 9.17) is 10.00 Å². The lowest BCUT2D eigenvalue weighted by atomic mass is 9.59. The Hall–Kier alpha value is -1.04. The molecule has 0 spiro atoms. The minimum absolute atomic E-state index is 0.0880. The zero-order valence-corrected chi connectivity index (χ0v) is 8.40. The van der Waals surface area contributed by atoms with E-state index >= 15 is 0 Å². The van der Waals surface area contributed by atoms with Gasteiger partial charge in [0.15, 0.2) is 0 Å². The first kappa shape index (κ1) is 9.51. The molecule has 2 unspecified atom stereocenters. The smallest absolute Gasteiger partial charge is 0.310 e. The Balaban J connectivity index is 2.21. The molecule has 3 nitrogen and oxygen atoms in total. The number of hydrogen-bond donors (Lipinski definition) is 0. The first-order valence-corrected chi connectivity index (χ1v) is 5.25. The number of nitriles is 1. The predicted octanol–water partition coefficient (Wildman–Crippen LogP) is 1.74. The van der Waals surface area contributed by atoms with Crippen molar-refractivity contribution in [1.82, 2.24) is 0 Å². The van der Waals surface area contributed by atoms with Gasteiger partial charge >= 0.3 is 5.97 Å². The number of carbonyl (C=O) groups excluding carboxylic acids is 1. The fourth-order valence-corrected chi connectivity index (χ4v) is 3.11. The molecule has 0 heterocycles. The first-order chi connectivity index (χ1) is 6.77. The van der Waals surface area contributed by atoms with Gasteiger partial charge in [-0.3, -0.25) is 4.79 Å². The summed E-state index contributed by atoms with van der Waals surface area (Å²) in [4.78, 5) is 11.6. The second-order valence-electron chi connectivity index (χ2n) is 4.38. The molecule has 3 fully saturated rings. The SMILES string of the molecule is COC(=O)C1C2CCC(CC2)C1C#N. The summed E-state index contributed by atoms with van der Waals surface area (Å²) < 4.78 is 4.78. The van der Waals surface area contributed by atoms with Crippen LogP contribution in [0, 0.1) is 35.0 Å². The summed E-state index contributed by atoms with van der Waals surface area (Å²) in [6.07, 6.45) is 4.44. The molecule has 0 saturated heterocycles. The summed E-state index contributed by atoms with van der Waals surface area (Å²) >= 11 is 0. The normalized spacial score (nSPS) is 40.3. The fourth-order valence-electron chi connectivity index (χ4n) is 3.11. The highest BCUT2D eigenvalue weighted by atomic mass is 16.5. The third-order valence-corrected chi connectivity index (χ3v) is 3.84. The maximum Gasteiger partial charge on any atom is 0.310 e. The molecule has 2 bridgehead atoms. The molecule has 3 aliphatic rings. The van der Waals surface area contributed by atoms with Crippen LogP contribution in [0.2, 0.25) is 0 Å². The highest BCUT2D eigenvalue weighted by Gasteiger charge is 2.47. The van der Waals surface area contributed by atoms with Gasteiger partial charge in [0, 0.05) is 0 Å². The molecular weight excluding hydrogens is 178 g/mol. The van der Waals surface area contributed by atoms with Gasteiger partial charge in [-0.15, -0.1) is 0 Å². The van der Waals surface area contributed by atoms with Crippen molar-refractivity contribution in [2.24, 2.45) is 23.7 Å². The van der Waals surface area contributed by atoms with Crippen LogP contribution in [0.3, 0.4) is 0 Å². The molecule has 0 radical (unpaired) electrons. The molecule has 0 aromatic heterocycles. The van der Waals surface area contributed by atoms with Crippen molar-refractivity contribution >= 4 is 5.97 Å². The van der Waals surface area contributed by atoms with Crippen LogP contribution >= 0.6 is 0 Å². The van der Waals surface area contributed by atoms with Gasteiger partial charge in [-0.2, -0.15) is 5.26 Å². The van der Waals surface area contributed by atoms with Crippen LogP contribution in [0.15, 0.2) is 0 Å². The number of esters is 1. The molecule has 0 aliphatic heterocycles. The van der Waals surface area contributed by atoms with E-state index in [2.05, 4.69) is 6.07 Å². The summed E-state index contributed by atoms with van der Waals surface area (Å²) in [5.41, 5.74) is 0. The molecular formula is C11H15NO2. The first-order valence-electron chi connectivity index (χ1n) is 5.25. The van der Waals surface area contributed by atoms with Crippen LogP contribution in [0.5, 0.6) is 0 Å². The van der Waals surface area contributed by atoms with Crippen LogP contribution in [0.1, 0.15) is 25.7 Å². The summed E-state index contributed by atoms with van der Waals surface area (Å²) in [6.45, 7) is 0. The lowest BCUT2D eigenvalue weighted by Gasteiger charge is -2.44. The van der Waals surface area contributed by atoms with E-state index in [1.807, 2.05) is 0 Å². The molecule has 3 rings (SSSR count). The molecule has 14 heavy (non-hydrogen) atoms. The van der Waals surface area contributed by atoms with E-state index in [0.717, 1.165) is 25.7 Å². The van der Waals surface area contributed by atoms with Crippen molar-refractivity contribution < 1.29 is 9.53 Å². The van der Waals surface area contributed by atoms with E-state index in [9.17, 15) is 4.79 Å². The van der Waals surface area contributed by atoms with E-state index in [1.165, 1.54) is 7.11 Å². The third kappa shape index (κ3) is 1.30. The van der Waals surface area contributed by atoms with E-state index in [1.54, 1.807) is 0 Å². The lowest BCUT2D eigenvalue weighted by Crippen LogP contribution is -2.43. The van der Waals surface area contributed by atoms with Crippen LogP contribution in [-0.4, -0.2) is 13.1 Å². The maximum absolute atomic E-state index is 11.6. The summed E-state index contributed by atoms with van der Waals surface area (Å²) in [6, 6.07) is 2.30. The molecule has 0 amide bonds. The average Bonchev–Trinajstić information content (AvgIpc) is 2.28. The monoisotopic (exact) mass is 193 g/mol. The second-order valence-corrected chi connectivity index (χ2v) is 4.38. The van der Waals surface area contributed by atoms with Crippen LogP contribution in [0.25, 0.3) is 0 Å². The zero-order valence-electron chi connectivity index (χ0n) is 8.40. The Bertz CT molecular complexity index is 274. The number of carbonyl (C=O) groups is 1. The Labute approximate surface area is 84.0 Å². The van der Waals surface area contributed by atoms with Crippen LogP contribution in [0.4, 0.5) is 0 Å². The lowest BCUT2D eigenvalue weighted by molar-refractivity contribution is -0.153. The summed E-state index contributed by atoms with van der Waals surface area (Å²) in [5, 5.41) is 9.07. The molecule has 76 valence electrons. The van der Waals surface area contributed by atoms with Gasteiger partial charge in [0.2, 0.25) is 0 Å². The Kier molecular flexibility index (Phi) is 2.45. The Morgan fingerprint density at radius 1 is 1.29 bits per heavy atom. The minimum atomic E-state index is -0.175. The summed E-state index contributed by atoms with van der Waals surface area (Å²) in [5.74, 6) is 0.435. The second kappa shape index (κ2) is 3.61. The largest absolute Gasteiger partial charge is 0.469 e. The van der Waals surface area contributed by atoms with Gasteiger partial charge in [0.05, 0.1) is 25.0 Å². The van der Waals surface area contributed by atoms with Crippen molar-refractivity contribution in [1.29, 1.82) is 5.26 Å². The van der Waals surface area contributed by atoms with Gasteiger partial charge in [-0.1, -0.05) is 0 Å². The topological polar surface area (TPSA) is 50.1 Å². The molecule has 0 N–H and O–H groups in total. The highest BCUT2D eigenvalue weighted by Crippen LogP contribution is 2.48. The van der Waals surface area contributed by atoms with Gasteiger partial charge in [0.25, 0.3) is 0 Å². The number of rotatable bonds is 1. The van der Waals surface area contributed by atoms with Crippen molar-refractivity contribution in [3.8, 4) is 6.07 Å². The maximum atomic E-state index is 11.6. The molecule has 0 aromatic carbocycles. The summed E-state index contributed by atoms with van der Waals surface area (Å²) in [7, 11) is 1.42. The van der Waals surface area contributed by atoms with Crippen molar-refractivity contribution in [3.63, 3.8) is 0 Å². The van der Waals surface area contributed by atoms with E-state index in [-0.39, 0.29) is 17.8 Å². The van der Waals surface area contributed by atoms with Crippen molar-refractivity contribution in [3.05, 3.63) is 0 Å². The third-order valence-electron chi connectivity index (χ3n) is 3.84. The number of fused-ring (bicyclic) bond motifs is 3. The quantitative estimate of drug-likeness (QED) is 0.596. The molecule has 3 aliphatic carbocycles. The number of ether oxygens (including phenoxy) is 1. The van der Waals surface area contributed by atoms with E-state index in [0.29, 0.717) is 11.8 Å². The molecule has 3 saturated carbocycles. The Morgan fingerprint density at radius 2 is 1.86 bits per heavy atom. The number of methoxy groups -OCH3 is 1. The fraction of sp³-hybridized carbons (Fsp3) is 0.818. The van der Waals surface area contributed by atoms with Gasteiger partial charge in [0.1, 0.15) is 0 Å². The van der Waals surface area contributed by atoms with Gasteiger partial charge in [-0.25, -0.2) is 0 Å². The van der Waals surface area contributed by atoms with Crippen LogP contribution < -0.4 is 0 Å². The predicted molar refractivity (Wildman–Crippen MR) is 50.1 cm³/mol. The standard InChI is InChI=1S/C11H15NO2/c1-14-11(13)10-8-4-2-7(3-5-8)9(10)6-12/h7-10H,2-5H2,1H3. The van der Waals surface area contributed by atoms with Gasteiger partial charge in [-0.05, 0) is 37.5 Å². The van der Waals surface area contributed by atoms with Crippen molar-refractivity contribution in [2.45, 2.75) is 25.7 Å². The number of nitrogens with zero attached hydrogens (tertiary/aromatic N) is 1. The molecule has 3 heteroatoms. The van der Waals surface area contributed by atoms with Gasteiger partial charge < -0.3 is 4.74 Å². The minimum Gasteiger partial charge on any atom is -0.469 e. The van der Waals surface area contributed by atoms with Crippen LogP contribution in [-0.2, 0) is 9.53 Å². The molecule has 0 aromatic rings. The molecule has 2 atom stereocenters. The average molecular weight is 193 g/mol. The Morgan fingerprint density at radius 3 is 2.36 bits per heavy atom.